The summed E-state index contributed by atoms with van der Waals surface area (Å²) in [4.78, 5) is 13.1. The van der Waals surface area contributed by atoms with Crippen LogP contribution >= 0.6 is 0 Å². The van der Waals surface area contributed by atoms with Gasteiger partial charge in [-0.3, -0.25) is 9.69 Å². The van der Waals surface area contributed by atoms with Crippen LogP contribution < -0.4 is 11.1 Å². The van der Waals surface area contributed by atoms with Gasteiger partial charge in [0.15, 0.2) is 0 Å². The van der Waals surface area contributed by atoms with E-state index >= 15 is 0 Å². The quantitative estimate of drug-likeness (QED) is 0.808. The summed E-state index contributed by atoms with van der Waals surface area (Å²) >= 11 is 0. The lowest BCUT2D eigenvalue weighted by molar-refractivity contribution is -0.119. The van der Waals surface area contributed by atoms with Crippen LogP contribution in [0.15, 0.2) is 0 Å². The number of rotatable bonds is 4. The van der Waals surface area contributed by atoms with Crippen LogP contribution in [0.25, 0.3) is 0 Å². The largest absolute Gasteiger partial charge is 0.369 e. The van der Waals surface area contributed by atoms with Gasteiger partial charge in [0.2, 0.25) is 5.91 Å². The van der Waals surface area contributed by atoms with Crippen LogP contribution in [0.1, 0.15) is 46.0 Å². The molecule has 2 atom stereocenters. The lowest BCUT2D eigenvalue weighted by atomic mass is 9.78. The zero-order valence-electron chi connectivity index (χ0n) is 12.4. The number of nitrogens with one attached hydrogen (secondary N) is 1. The highest BCUT2D eigenvalue weighted by atomic mass is 16.1. The second kappa shape index (κ2) is 6.71. The number of likely N-dealkylation sites (tertiary alicyclic amines) is 1. The topological polar surface area (TPSA) is 58.4 Å². The van der Waals surface area contributed by atoms with Gasteiger partial charge in [-0.15, -0.1) is 0 Å². The minimum atomic E-state index is -0.207. The van der Waals surface area contributed by atoms with Gasteiger partial charge in [-0.2, -0.15) is 0 Å². The smallest absolute Gasteiger partial charge is 0.231 e. The third-order valence-corrected chi connectivity index (χ3v) is 4.94. The van der Waals surface area contributed by atoms with E-state index in [-0.39, 0.29) is 5.91 Å². The number of carbonyl (C=O) groups is 1. The number of amides is 1. The van der Waals surface area contributed by atoms with Gasteiger partial charge < -0.3 is 11.1 Å². The number of hydrogen-bond acceptors (Lipinski definition) is 3. The van der Waals surface area contributed by atoms with Crippen LogP contribution in [0.3, 0.4) is 0 Å². The molecule has 3 N–H and O–H groups in total. The third kappa shape index (κ3) is 4.18. The summed E-state index contributed by atoms with van der Waals surface area (Å²) in [5, 5.41) is 3.89. The maximum absolute atomic E-state index is 10.9. The molecular formula is C15H29N3O. The lowest BCUT2D eigenvalue weighted by Gasteiger charge is -2.40. The summed E-state index contributed by atoms with van der Waals surface area (Å²) in [5.74, 6) is 1.39. The minimum Gasteiger partial charge on any atom is -0.369 e. The molecule has 0 radical (unpaired) electrons. The van der Waals surface area contributed by atoms with Crippen molar-refractivity contribution >= 4 is 5.91 Å². The highest BCUT2D eigenvalue weighted by molar-refractivity contribution is 5.75. The minimum absolute atomic E-state index is 0.207. The molecule has 4 heteroatoms. The predicted octanol–water partition coefficient (Wildman–Crippen LogP) is 1.35. The fourth-order valence-electron chi connectivity index (χ4n) is 3.76. The number of primary amides is 1. The maximum atomic E-state index is 10.9. The first-order chi connectivity index (χ1) is 9.06. The molecule has 1 heterocycles. The summed E-state index contributed by atoms with van der Waals surface area (Å²) in [5.41, 5.74) is 5.25. The van der Waals surface area contributed by atoms with Gasteiger partial charge in [0, 0.05) is 25.2 Å². The van der Waals surface area contributed by atoms with E-state index in [0.717, 1.165) is 37.8 Å². The molecule has 0 spiro atoms. The van der Waals surface area contributed by atoms with Gasteiger partial charge in [-0.25, -0.2) is 0 Å². The van der Waals surface area contributed by atoms with Crippen LogP contribution in [0.5, 0.6) is 0 Å². The molecule has 0 aromatic heterocycles. The second-order valence-electron chi connectivity index (χ2n) is 6.59. The molecule has 2 aliphatic rings. The van der Waals surface area contributed by atoms with Crippen molar-refractivity contribution in [2.75, 3.05) is 19.6 Å². The van der Waals surface area contributed by atoms with Gasteiger partial charge in [0.05, 0.1) is 6.54 Å². The van der Waals surface area contributed by atoms with Crippen molar-refractivity contribution in [1.82, 2.24) is 10.2 Å². The molecule has 2 rings (SSSR count). The SMILES string of the molecule is CC1CCCC(C)C1NC1CCN(CC(N)=O)CC1. The molecule has 1 saturated carbocycles. The van der Waals surface area contributed by atoms with Crippen molar-refractivity contribution in [3.05, 3.63) is 0 Å². The fraction of sp³-hybridized carbons (Fsp3) is 0.933. The summed E-state index contributed by atoms with van der Waals surface area (Å²) < 4.78 is 0. The number of hydrogen-bond donors (Lipinski definition) is 2. The lowest BCUT2D eigenvalue weighted by Crippen LogP contribution is -2.52. The number of piperidine rings is 1. The van der Waals surface area contributed by atoms with Gasteiger partial charge in [-0.05, 0) is 37.5 Å². The molecule has 0 bridgehead atoms. The van der Waals surface area contributed by atoms with Gasteiger partial charge in [0.25, 0.3) is 0 Å². The highest BCUT2D eigenvalue weighted by Crippen LogP contribution is 2.29. The molecule has 1 amide bonds. The van der Waals surface area contributed by atoms with Crippen molar-refractivity contribution in [2.45, 2.75) is 58.0 Å². The molecule has 2 fully saturated rings. The molecule has 0 aromatic rings. The van der Waals surface area contributed by atoms with Crippen molar-refractivity contribution in [3.8, 4) is 0 Å². The first-order valence-electron chi connectivity index (χ1n) is 7.83. The monoisotopic (exact) mass is 267 g/mol. The van der Waals surface area contributed by atoms with E-state index in [1.165, 1.54) is 19.3 Å². The zero-order chi connectivity index (χ0) is 13.8. The van der Waals surface area contributed by atoms with Crippen LogP contribution in [0, 0.1) is 11.8 Å². The van der Waals surface area contributed by atoms with Crippen molar-refractivity contribution in [2.24, 2.45) is 17.6 Å². The summed E-state index contributed by atoms with van der Waals surface area (Å²) in [6, 6.07) is 1.30. The Kier molecular flexibility index (Phi) is 5.22. The number of nitrogens with two attached hydrogens (primary N) is 1. The van der Waals surface area contributed by atoms with Crippen molar-refractivity contribution in [3.63, 3.8) is 0 Å². The Bertz CT molecular complexity index is 290. The number of carbonyl (C=O) groups excluding carboxylic acids is 1. The number of nitrogens with zero attached hydrogens (tertiary/aromatic N) is 1. The maximum Gasteiger partial charge on any atom is 0.231 e. The van der Waals surface area contributed by atoms with Crippen LogP contribution in [-0.2, 0) is 4.79 Å². The first kappa shape index (κ1) is 14.8. The summed E-state index contributed by atoms with van der Waals surface area (Å²) in [6.07, 6.45) is 6.40. The Morgan fingerprint density at radius 1 is 1.16 bits per heavy atom. The average molecular weight is 267 g/mol. The van der Waals surface area contributed by atoms with Crippen molar-refractivity contribution < 1.29 is 4.79 Å². The predicted molar refractivity (Wildman–Crippen MR) is 77.8 cm³/mol. The van der Waals surface area contributed by atoms with Crippen LogP contribution in [-0.4, -0.2) is 42.5 Å². The molecule has 19 heavy (non-hydrogen) atoms. The van der Waals surface area contributed by atoms with Gasteiger partial charge in [0.1, 0.15) is 0 Å². The molecule has 1 aliphatic heterocycles. The van der Waals surface area contributed by atoms with Crippen molar-refractivity contribution in [1.29, 1.82) is 0 Å². The summed E-state index contributed by atoms with van der Waals surface area (Å²) in [7, 11) is 0. The molecule has 110 valence electrons. The van der Waals surface area contributed by atoms with E-state index < -0.39 is 0 Å². The Labute approximate surface area is 117 Å². The van der Waals surface area contributed by atoms with E-state index in [9.17, 15) is 4.79 Å². The fourth-order valence-corrected chi connectivity index (χ4v) is 3.76. The molecule has 0 aromatic carbocycles. The molecule has 1 aliphatic carbocycles. The molecular weight excluding hydrogens is 238 g/mol. The average Bonchev–Trinajstić information content (AvgIpc) is 2.35. The molecule has 2 unspecified atom stereocenters. The molecule has 1 saturated heterocycles. The first-order valence-corrected chi connectivity index (χ1v) is 7.83. The standard InChI is InChI=1S/C15H29N3O/c1-11-4-3-5-12(2)15(11)17-13-6-8-18(9-7-13)10-14(16)19/h11-13,15,17H,3-10H2,1-2H3,(H2,16,19). The van der Waals surface area contributed by atoms with Crippen LogP contribution in [0.4, 0.5) is 0 Å². The van der Waals surface area contributed by atoms with E-state index in [1.807, 2.05) is 0 Å². The van der Waals surface area contributed by atoms with Crippen LogP contribution in [0.2, 0.25) is 0 Å². The van der Waals surface area contributed by atoms with E-state index in [1.54, 1.807) is 0 Å². The normalized spacial score (nSPS) is 34.3. The second-order valence-corrected chi connectivity index (χ2v) is 6.59. The Morgan fingerprint density at radius 3 is 2.26 bits per heavy atom. The Hall–Kier alpha value is -0.610. The summed E-state index contributed by atoms with van der Waals surface area (Å²) in [6.45, 7) is 7.18. The zero-order valence-corrected chi connectivity index (χ0v) is 12.4. The van der Waals surface area contributed by atoms with E-state index in [2.05, 4.69) is 24.1 Å². The van der Waals surface area contributed by atoms with E-state index in [4.69, 9.17) is 5.73 Å². The third-order valence-electron chi connectivity index (χ3n) is 4.94. The highest BCUT2D eigenvalue weighted by Gasteiger charge is 2.30. The van der Waals surface area contributed by atoms with Gasteiger partial charge in [-0.1, -0.05) is 20.3 Å². The van der Waals surface area contributed by atoms with E-state index in [0.29, 0.717) is 18.6 Å². The Morgan fingerprint density at radius 2 is 1.74 bits per heavy atom. The Balaban J connectivity index is 1.77. The molecule has 4 nitrogen and oxygen atoms in total. The van der Waals surface area contributed by atoms with Gasteiger partial charge >= 0.3 is 0 Å².